The molecule has 1 heterocycles. The van der Waals surface area contributed by atoms with Crippen LogP contribution in [0.15, 0.2) is 47.8 Å². The van der Waals surface area contributed by atoms with E-state index in [-0.39, 0.29) is 0 Å². The Morgan fingerprint density at radius 3 is 2.77 bits per heavy atom. The predicted octanol–water partition coefficient (Wildman–Crippen LogP) is 1.31. The zero-order valence-corrected chi connectivity index (χ0v) is 15.5. The first kappa shape index (κ1) is 19.4. The summed E-state index contributed by atoms with van der Waals surface area (Å²) in [4.78, 5) is 16.1. The highest BCUT2D eigenvalue weighted by molar-refractivity contribution is 7.92. The molecule has 0 saturated carbocycles. The lowest BCUT2D eigenvalue weighted by Crippen LogP contribution is -2.39. The average molecular weight is 376 g/mol. The van der Waals surface area contributed by atoms with Crippen molar-refractivity contribution in [3.63, 3.8) is 0 Å². The van der Waals surface area contributed by atoms with Gasteiger partial charge in [-0.15, -0.1) is 0 Å². The summed E-state index contributed by atoms with van der Waals surface area (Å²) in [6.45, 7) is 1.39. The molecule has 1 N–H and O–H groups in total. The van der Waals surface area contributed by atoms with Gasteiger partial charge in [0, 0.05) is 18.0 Å². The molecule has 9 heteroatoms. The molecule has 0 atom stereocenters. The van der Waals surface area contributed by atoms with Crippen molar-refractivity contribution >= 4 is 27.8 Å². The molecule has 0 aliphatic heterocycles. The molecule has 1 aromatic heterocycles. The maximum atomic E-state index is 12.2. The molecular formula is C17H20N4O4S. The molecule has 26 heavy (non-hydrogen) atoms. The number of benzene rings is 1. The summed E-state index contributed by atoms with van der Waals surface area (Å²) < 4.78 is 30.6. The highest BCUT2D eigenvalue weighted by atomic mass is 32.2. The van der Waals surface area contributed by atoms with Crippen LogP contribution in [-0.2, 0) is 14.8 Å². The summed E-state index contributed by atoms with van der Waals surface area (Å²) in [6.07, 6.45) is 5.65. The van der Waals surface area contributed by atoms with Gasteiger partial charge in [-0.05, 0) is 30.7 Å². The van der Waals surface area contributed by atoms with E-state index < -0.39 is 22.5 Å². The Bertz CT molecular complexity index is 898. The van der Waals surface area contributed by atoms with E-state index in [1.54, 1.807) is 42.7 Å². The van der Waals surface area contributed by atoms with Crippen molar-refractivity contribution in [3.05, 3.63) is 53.9 Å². The van der Waals surface area contributed by atoms with Crippen LogP contribution in [0.1, 0.15) is 11.1 Å². The Labute approximate surface area is 152 Å². The molecule has 0 aliphatic rings. The van der Waals surface area contributed by atoms with Gasteiger partial charge in [0.05, 0.1) is 25.3 Å². The summed E-state index contributed by atoms with van der Waals surface area (Å²) in [7, 11) is -2.27. The number of aryl methyl sites for hydroxylation is 1. The van der Waals surface area contributed by atoms with Gasteiger partial charge in [-0.25, -0.2) is 13.8 Å². The van der Waals surface area contributed by atoms with Gasteiger partial charge < -0.3 is 4.74 Å². The molecule has 0 unspecified atom stereocenters. The van der Waals surface area contributed by atoms with Crippen LogP contribution in [0.3, 0.4) is 0 Å². The lowest BCUT2D eigenvalue weighted by molar-refractivity contribution is -0.119. The van der Waals surface area contributed by atoms with Crippen molar-refractivity contribution in [2.75, 3.05) is 24.2 Å². The summed E-state index contributed by atoms with van der Waals surface area (Å²) >= 11 is 0. The van der Waals surface area contributed by atoms with Crippen LogP contribution >= 0.6 is 0 Å². The second-order valence-corrected chi connectivity index (χ2v) is 7.43. The van der Waals surface area contributed by atoms with Crippen molar-refractivity contribution in [2.45, 2.75) is 6.92 Å². The van der Waals surface area contributed by atoms with Crippen molar-refractivity contribution in [1.82, 2.24) is 10.4 Å². The van der Waals surface area contributed by atoms with Crippen LogP contribution in [0.25, 0.3) is 0 Å². The molecule has 1 amide bonds. The maximum absolute atomic E-state index is 12.2. The molecule has 2 rings (SSSR count). The fourth-order valence-corrected chi connectivity index (χ4v) is 3.02. The number of nitrogens with one attached hydrogen (secondary N) is 1. The zero-order valence-electron chi connectivity index (χ0n) is 14.7. The van der Waals surface area contributed by atoms with Crippen LogP contribution < -0.4 is 14.5 Å². The number of aromatic nitrogens is 1. The second-order valence-electron chi connectivity index (χ2n) is 5.52. The topological polar surface area (TPSA) is 101 Å². The molecule has 138 valence electrons. The maximum Gasteiger partial charge on any atom is 0.260 e. The second kappa shape index (κ2) is 8.43. The number of ether oxygens (including phenoxy) is 1. The fraction of sp³-hybridized carbons (Fsp3) is 0.235. The fourth-order valence-electron chi connectivity index (χ4n) is 2.17. The number of sulfonamides is 1. The molecule has 0 spiro atoms. The number of hydrazone groups is 1. The van der Waals surface area contributed by atoms with Gasteiger partial charge in [0.2, 0.25) is 10.0 Å². The quantitative estimate of drug-likeness (QED) is 0.580. The van der Waals surface area contributed by atoms with Crippen LogP contribution in [0.2, 0.25) is 0 Å². The van der Waals surface area contributed by atoms with Gasteiger partial charge >= 0.3 is 0 Å². The Kier molecular flexibility index (Phi) is 6.29. The number of anilines is 1. The SMILES string of the molecule is COc1ccc(C)cc1N(CC(=O)N/N=C\c1cccnc1)S(C)(=O)=O. The van der Waals surface area contributed by atoms with Crippen molar-refractivity contribution in [2.24, 2.45) is 5.10 Å². The first-order chi connectivity index (χ1) is 12.3. The molecule has 0 bridgehead atoms. The minimum absolute atomic E-state index is 0.293. The van der Waals surface area contributed by atoms with Gasteiger partial charge in [0.25, 0.3) is 5.91 Å². The summed E-state index contributed by atoms with van der Waals surface area (Å²) in [6, 6.07) is 8.59. The Morgan fingerprint density at radius 1 is 1.38 bits per heavy atom. The van der Waals surface area contributed by atoms with E-state index in [2.05, 4.69) is 15.5 Å². The first-order valence-electron chi connectivity index (χ1n) is 7.65. The largest absolute Gasteiger partial charge is 0.495 e. The van der Waals surface area contributed by atoms with E-state index in [1.165, 1.54) is 13.3 Å². The smallest absolute Gasteiger partial charge is 0.260 e. The van der Waals surface area contributed by atoms with Crippen molar-refractivity contribution < 1.29 is 17.9 Å². The van der Waals surface area contributed by atoms with Crippen LogP contribution in [0.4, 0.5) is 5.69 Å². The Hall–Kier alpha value is -2.94. The Balaban J connectivity index is 2.18. The summed E-state index contributed by atoms with van der Waals surface area (Å²) in [5, 5.41) is 3.81. The lowest BCUT2D eigenvalue weighted by atomic mass is 10.2. The molecule has 1 aromatic carbocycles. The number of carbonyl (C=O) groups is 1. The third-order valence-electron chi connectivity index (χ3n) is 3.38. The highest BCUT2D eigenvalue weighted by Gasteiger charge is 2.24. The number of pyridine rings is 1. The van der Waals surface area contributed by atoms with Crippen LogP contribution in [0, 0.1) is 6.92 Å². The van der Waals surface area contributed by atoms with E-state index >= 15 is 0 Å². The van der Waals surface area contributed by atoms with E-state index in [9.17, 15) is 13.2 Å². The molecule has 8 nitrogen and oxygen atoms in total. The summed E-state index contributed by atoms with van der Waals surface area (Å²) in [5.41, 5.74) is 4.14. The third-order valence-corrected chi connectivity index (χ3v) is 4.50. The molecule has 0 aliphatic carbocycles. The van der Waals surface area contributed by atoms with Crippen LogP contribution in [-0.4, -0.2) is 45.4 Å². The summed E-state index contributed by atoms with van der Waals surface area (Å²) in [5.74, 6) is -0.230. The van der Waals surface area contributed by atoms with E-state index in [4.69, 9.17) is 4.74 Å². The number of nitrogens with zero attached hydrogens (tertiary/aromatic N) is 3. The molecule has 0 saturated heterocycles. The number of hydrogen-bond donors (Lipinski definition) is 1. The molecule has 2 aromatic rings. The van der Waals surface area contributed by atoms with Crippen molar-refractivity contribution in [1.29, 1.82) is 0 Å². The predicted molar refractivity (Wildman–Crippen MR) is 99.9 cm³/mol. The average Bonchev–Trinajstić information content (AvgIpc) is 2.59. The highest BCUT2D eigenvalue weighted by Crippen LogP contribution is 2.30. The minimum atomic E-state index is -3.71. The van der Waals surface area contributed by atoms with Crippen molar-refractivity contribution in [3.8, 4) is 5.75 Å². The number of amides is 1. The normalized spacial score (nSPS) is 11.3. The Morgan fingerprint density at radius 2 is 2.15 bits per heavy atom. The lowest BCUT2D eigenvalue weighted by Gasteiger charge is -2.23. The monoisotopic (exact) mass is 376 g/mol. The minimum Gasteiger partial charge on any atom is -0.495 e. The van der Waals surface area contributed by atoms with E-state index in [0.29, 0.717) is 17.0 Å². The molecule has 0 fully saturated rings. The standard InChI is InChI=1S/C17H20N4O4S/c1-13-6-7-16(25-2)15(9-13)21(26(3,23)24)12-17(22)20-19-11-14-5-4-8-18-10-14/h4-11H,12H2,1-3H3,(H,20,22)/b19-11-. The third kappa shape index (κ3) is 5.28. The molecular weight excluding hydrogens is 356 g/mol. The molecule has 0 radical (unpaired) electrons. The van der Waals surface area contributed by atoms with Gasteiger partial charge in [-0.2, -0.15) is 5.10 Å². The number of hydrogen-bond acceptors (Lipinski definition) is 6. The van der Waals surface area contributed by atoms with Gasteiger partial charge in [-0.3, -0.25) is 14.1 Å². The zero-order chi connectivity index (χ0) is 19.2. The first-order valence-corrected chi connectivity index (χ1v) is 9.50. The number of rotatable bonds is 7. The van der Waals surface area contributed by atoms with Gasteiger partial charge in [0.15, 0.2) is 0 Å². The van der Waals surface area contributed by atoms with E-state index in [1.807, 2.05) is 6.92 Å². The van der Waals surface area contributed by atoms with Gasteiger partial charge in [-0.1, -0.05) is 12.1 Å². The van der Waals surface area contributed by atoms with Gasteiger partial charge in [0.1, 0.15) is 12.3 Å². The number of carbonyl (C=O) groups excluding carboxylic acids is 1. The number of methoxy groups -OCH3 is 1. The van der Waals surface area contributed by atoms with E-state index in [0.717, 1.165) is 16.1 Å². The van der Waals surface area contributed by atoms with Crippen LogP contribution in [0.5, 0.6) is 5.75 Å².